The van der Waals surface area contributed by atoms with Gasteiger partial charge in [0.1, 0.15) is 0 Å². The van der Waals surface area contributed by atoms with Crippen LogP contribution in [-0.2, 0) is 7.05 Å². The zero-order chi connectivity index (χ0) is 17.9. The van der Waals surface area contributed by atoms with Gasteiger partial charge in [0.2, 0.25) is 0 Å². The molecule has 1 amide bonds. The minimum atomic E-state index is 0.0771. The second-order valence-electron chi connectivity index (χ2n) is 6.97. The summed E-state index contributed by atoms with van der Waals surface area (Å²) in [6.07, 6.45) is 1.04. The number of para-hydroxylation sites is 1. The van der Waals surface area contributed by atoms with E-state index in [0.717, 1.165) is 43.5 Å². The summed E-state index contributed by atoms with van der Waals surface area (Å²) in [5.41, 5.74) is 1.61. The molecule has 0 radical (unpaired) electrons. The third-order valence-corrected chi connectivity index (χ3v) is 7.77. The number of nitrogens with zero attached hydrogens (tertiary/aromatic N) is 4. The van der Waals surface area contributed by atoms with Crippen LogP contribution in [0.5, 0.6) is 0 Å². The van der Waals surface area contributed by atoms with Crippen LogP contribution in [0.25, 0.3) is 10.9 Å². The number of fused-ring (bicyclic) bond motifs is 1. The summed E-state index contributed by atoms with van der Waals surface area (Å²) in [5.74, 6) is 5.07. The monoisotopic (exact) mass is 390 g/mol. The molecule has 1 aromatic heterocycles. The molecule has 0 spiro atoms. The van der Waals surface area contributed by atoms with E-state index in [0.29, 0.717) is 11.7 Å². The molecule has 7 heteroatoms. The lowest BCUT2D eigenvalue weighted by Gasteiger charge is -2.29. The predicted molar refractivity (Wildman–Crippen MR) is 111 cm³/mol. The fourth-order valence-electron chi connectivity index (χ4n) is 3.84. The van der Waals surface area contributed by atoms with Gasteiger partial charge in [-0.25, -0.2) is 0 Å². The standard InChI is InChI=1S/C19H26N4OS2/c1-21-17-6-3-2-5-16(17)18(20-21)19(24)23-8-4-7-22(9-10-23)15-13-25-11-12-26-14-15/h2-3,5-6,15H,4,7-14H2,1H3. The topological polar surface area (TPSA) is 41.4 Å². The van der Waals surface area contributed by atoms with E-state index >= 15 is 0 Å². The first-order valence-electron chi connectivity index (χ1n) is 9.34. The number of rotatable bonds is 2. The Morgan fingerprint density at radius 2 is 1.85 bits per heavy atom. The van der Waals surface area contributed by atoms with Crippen LogP contribution in [-0.4, -0.2) is 80.7 Å². The number of aromatic nitrogens is 2. The number of carbonyl (C=O) groups is 1. The van der Waals surface area contributed by atoms with Gasteiger partial charge in [0.05, 0.1) is 5.52 Å². The van der Waals surface area contributed by atoms with Crippen molar-refractivity contribution in [2.75, 3.05) is 49.2 Å². The number of hydrogen-bond acceptors (Lipinski definition) is 5. The molecule has 2 aromatic rings. The zero-order valence-electron chi connectivity index (χ0n) is 15.3. The first-order valence-corrected chi connectivity index (χ1v) is 11.7. The van der Waals surface area contributed by atoms with Gasteiger partial charge in [-0.1, -0.05) is 18.2 Å². The molecule has 2 aliphatic heterocycles. The summed E-state index contributed by atoms with van der Waals surface area (Å²) in [6, 6.07) is 8.64. The molecule has 3 heterocycles. The van der Waals surface area contributed by atoms with Crippen LogP contribution in [0.4, 0.5) is 0 Å². The molecule has 0 bridgehead atoms. The second-order valence-corrected chi connectivity index (χ2v) is 9.27. The van der Waals surface area contributed by atoms with Gasteiger partial charge in [-0.3, -0.25) is 14.4 Å². The molecule has 4 rings (SSSR count). The van der Waals surface area contributed by atoms with Crippen molar-refractivity contribution in [2.24, 2.45) is 7.05 Å². The average Bonchev–Trinajstić information content (AvgIpc) is 2.91. The molecule has 0 atom stereocenters. The van der Waals surface area contributed by atoms with Gasteiger partial charge in [0, 0.05) is 67.7 Å². The van der Waals surface area contributed by atoms with E-state index in [9.17, 15) is 4.79 Å². The van der Waals surface area contributed by atoms with Crippen LogP contribution in [0.1, 0.15) is 16.9 Å². The molecule has 0 N–H and O–H groups in total. The van der Waals surface area contributed by atoms with Crippen LogP contribution >= 0.6 is 23.5 Å². The highest BCUT2D eigenvalue weighted by molar-refractivity contribution is 8.03. The molecule has 2 fully saturated rings. The Labute approximate surface area is 163 Å². The molecule has 1 aromatic carbocycles. The van der Waals surface area contributed by atoms with Crippen LogP contribution in [0.3, 0.4) is 0 Å². The van der Waals surface area contributed by atoms with Crippen molar-refractivity contribution in [3.63, 3.8) is 0 Å². The minimum absolute atomic E-state index is 0.0771. The predicted octanol–water partition coefficient (Wildman–Crippen LogP) is 2.57. The lowest BCUT2D eigenvalue weighted by atomic mass is 10.2. The Hall–Kier alpha value is -1.18. The highest BCUT2D eigenvalue weighted by Gasteiger charge is 2.27. The third-order valence-electron chi connectivity index (χ3n) is 5.29. The van der Waals surface area contributed by atoms with Gasteiger partial charge in [-0.05, 0) is 12.5 Å². The Bertz CT molecular complexity index is 770. The summed E-state index contributed by atoms with van der Waals surface area (Å²) in [5, 5.41) is 5.48. The van der Waals surface area contributed by atoms with Gasteiger partial charge >= 0.3 is 0 Å². The van der Waals surface area contributed by atoms with Crippen molar-refractivity contribution < 1.29 is 4.79 Å². The summed E-state index contributed by atoms with van der Waals surface area (Å²) < 4.78 is 1.81. The molecule has 5 nitrogen and oxygen atoms in total. The highest BCUT2D eigenvalue weighted by atomic mass is 32.2. The van der Waals surface area contributed by atoms with Crippen molar-refractivity contribution >= 4 is 40.3 Å². The molecule has 26 heavy (non-hydrogen) atoms. The molecular formula is C19H26N4OS2. The quantitative estimate of drug-likeness (QED) is 0.788. The fourth-order valence-corrected chi connectivity index (χ4v) is 6.47. The minimum Gasteiger partial charge on any atom is -0.336 e. The first-order chi connectivity index (χ1) is 12.7. The lowest BCUT2D eigenvalue weighted by molar-refractivity contribution is 0.0755. The lowest BCUT2D eigenvalue weighted by Crippen LogP contribution is -2.42. The van der Waals surface area contributed by atoms with Crippen LogP contribution in [0.2, 0.25) is 0 Å². The Morgan fingerprint density at radius 3 is 2.65 bits per heavy atom. The van der Waals surface area contributed by atoms with Crippen molar-refractivity contribution in [1.29, 1.82) is 0 Å². The SMILES string of the molecule is Cn1nc(C(=O)N2CCCN(C3CSCCSC3)CC2)c2ccccc21. The number of carbonyl (C=O) groups excluding carboxylic acids is 1. The second kappa shape index (κ2) is 8.23. The van der Waals surface area contributed by atoms with Gasteiger partial charge in [-0.2, -0.15) is 28.6 Å². The zero-order valence-corrected chi connectivity index (χ0v) is 16.9. The number of thioether (sulfide) groups is 2. The van der Waals surface area contributed by atoms with Crippen molar-refractivity contribution in [3.8, 4) is 0 Å². The van der Waals surface area contributed by atoms with E-state index in [1.165, 1.54) is 23.0 Å². The molecule has 140 valence electrons. The number of benzene rings is 1. The Kier molecular flexibility index (Phi) is 5.76. The first kappa shape index (κ1) is 18.2. The molecule has 2 aliphatic rings. The van der Waals surface area contributed by atoms with Crippen molar-refractivity contribution in [1.82, 2.24) is 19.6 Å². The number of hydrogen-bond donors (Lipinski definition) is 0. The summed E-state index contributed by atoms with van der Waals surface area (Å²) in [6.45, 7) is 3.70. The summed E-state index contributed by atoms with van der Waals surface area (Å²) in [7, 11) is 1.91. The van der Waals surface area contributed by atoms with E-state index in [1.54, 1.807) is 0 Å². The van der Waals surface area contributed by atoms with E-state index < -0.39 is 0 Å². The van der Waals surface area contributed by atoms with Gasteiger partial charge in [0.15, 0.2) is 5.69 Å². The van der Waals surface area contributed by atoms with Crippen LogP contribution in [0.15, 0.2) is 24.3 Å². The summed E-state index contributed by atoms with van der Waals surface area (Å²) >= 11 is 4.15. The van der Waals surface area contributed by atoms with E-state index in [4.69, 9.17) is 0 Å². The van der Waals surface area contributed by atoms with Gasteiger partial charge in [0.25, 0.3) is 5.91 Å². The number of aryl methyl sites for hydroxylation is 1. The van der Waals surface area contributed by atoms with Gasteiger partial charge < -0.3 is 4.90 Å². The average molecular weight is 391 g/mol. The van der Waals surface area contributed by atoms with E-state index in [1.807, 2.05) is 40.9 Å². The van der Waals surface area contributed by atoms with Crippen molar-refractivity contribution in [2.45, 2.75) is 12.5 Å². The van der Waals surface area contributed by atoms with Crippen molar-refractivity contribution in [3.05, 3.63) is 30.0 Å². The normalized spacial score (nSPS) is 20.9. The fraction of sp³-hybridized carbons (Fsp3) is 0.579. The Balaban J connectivity index is 1.47. The maximum atomic E-state index is 13.1. The smallest absolute Gasteiger partial charge is 0.275 e. The largest absolute Gasteiger partial charge is 0.336 e. The molecular weight excluding hydrogens is 364 g/mol. The number of amides is 1. The van der Waals surface area contributed by atoms with E-state index in [2.05, 4.69) is 33.5 Å². The maximum Gasteiger partial charge on any atom is 0.275 e. The summed E-state index contributed by atoms with van der Waals surface area (Å²) in [4.78, 5) is 17.8. The third kappa shape index (κ3) is 3.75. The van der Waals surface area contributed by atoms with E-state index in [-0.39, 0.29) is 5.91 Å². The van der Waals surface area contributed by atoms with Gasteiger partial charge in [-0.15, -0.1) is 0 Å². The van der Waals surface area contributed by atoms with Crippen LogP contribution in [0, 0.1) is 0 Å². The molecule has 2 saturated heterocycles. The Morgan fingerprint density at radius 1 is 1.08 bits per heavy atom. The van der Waals surface area contributed by atoms with Crippen LogP contribution < -0.4 is 0 Å². The molecule has 0 aliphatic carbocycles. The molecule has 0 saturated carbocycles. The molecule has 0 unspecified atom stereocenters. The maximum absolute atomic E-state index is 13.1. The highest BCUT2D eigenvalue weighted by Crippen LogP contribution is 2.23.